The molecule has 1 aromatic heterocycles. The van der Waals surface area contributed by atoms with E-state index in [1.807, 2.05) is 0 Å². The molecule has 1 saturated heterocycles. The number of rotatable bonds is 5. The van der Waals surface area contributed by atoms with Gasteiger partial charge in [-0.1, -0.05) is 12.1 Å². The Kier molecular flexibility index (Phi) is 5.61. The number of benzene rings is 1. The number of pyridine rings is 1. The predicted molar refractivity (Wildman–Crippen MR) is 135 cm³/mol. The molecule has 14 heteroatoms. The van der Waals surface area contributed by atoms with Crippen molar-refractivity contribution >= 4 is 49.1 Å². The highest BCUT2D eigenvalue weighted by atomic mass is 32.2. The van der Waals surface area contributed by atoms with E-state index in [-0.39, 0.29) is 52.4 Å². The minimum atomic E-state index is -4.42. The van der Waals surface area contributed by atoms with E-state index in [9.17, 15) is 30.8 Å². The molecule has 1 amide bonds. The smallest absolute Gasteiger partial charge is 0.287 e. The molecule has 2 bridgehead atoms. The zero-order valence-corrected chi connectivity index (χ0v) is 21.8. The second kappa shape index (κ2) is 8.56. The molecule has 1 aromatic carbocycles. The first-order valence-electron chi connectivity index (χ1n) is 12.1. The number of Topliss-reactive ketones (excluding diaryl/α,β-unsaturated/α-hetero) is 1. The van der Waals surface area contributed by atoms with Crippen molar-refractivity contribution in [3.63, 3.8) is 0 Å². The van der Waals surface area contributed by atoms with E-state index < -0.39 is 43.6 Å². The highest BCUT2D eigenvalue weighted by Crippen LogP contribution is 2.54. The van der Waals surface area contributed by atoms with Gasteiger partial charge in [0.2, 0.25) is 15.9 Å². The number of amides is 1. The zero-order chi connectivity index (χ0) is 27.0. The number of hydrogen-bond acceptors (Lipinski definition) is 8. The summed E-state index contributed by atoms with van der Waals surface area (Å²) in [5, 5.41) is 2.75. The van der Waals surface area contributed by atoms with E-state index in [4.69, 9.17) is 0 Å². The van der Waals surface area contributed by atoms with E-state index in [0.29, 0.717) is 5.56 Å². The molecule has 2 N–H and O–H groups in total. The van der Waals surface area contributed by atoms with Gasteiger partial charge in [0.1, 0.15) is 16.5 Å². The lowest BCUT2D eigenvalue weighted by atomic mass is 9.73. The fourth-order valence-corrected chi connectivity index (χ4v) is 8.08. The van der Waals surface area contributed by atoms with Crippen molar-refractivity contribution in [2.24, 2.45) is 28.1 Å². The summed E-state index contributed by atoms with van der Waals surface area (Å²) in [4.78, 5) is 32.9. The lowest BCUT2D eigenvalue weighted by Crippen LogP contribution is -2.61. The Morgan fingerprint density at radius 2 is 1.87 bits per heavy atom. The summed E-state index contributed by atoms with van der Waals surface area (Å²) in [5.41, 5.74) is 0.619. The van der Waals surface area contributed by atoms with Crippen molar-refractivity contribution in [1.29, 1.82) is 0 Å². The number of sulfonamides is 2. The van der Waals surface area contributed by atoms with E-state index in [1.54, 1.807) is 17.0 Å². The fourth-order valence-electron chi connectivity index (χ4n) is 6.41. The van der Waals surface area contributed by atoms with Crippen LogP contribution in [-0.2, 0) is 36.2 Å². The van der Waals surface area contributed by atoms with Crippen LogP contribution in [0.1, 0.15) is 24.8 Å². The van der Waals surface area contributed by atoms with Crippen LogP contribution in [0.25, 0.3) is 0 Å². The third-order valence-corrected chi connectivity index (χ3v) is 9.72. The molecule has 2 aromatic rings. The molecule has 0 spiro atoms. The molecule has 3 fully saturated rings. The monoisotopic (exact) mass is 561 g/mol. The first kappa shape index (κ1) is 24.9. The molecule has 2 aliphatic carbocycles. The topological polar surface area (TPSA) is 155 Å². The quantitative estimate of drug-likeness (QED) is 0.523. The molecule has 11 nitrogen and oxygen atoms in total. The third kappa shape index (κ3) is 4.15. The Bertz CT molecular complexity index is 1610. The third-order valence-electron chi connectivity index (χ3n) is 7.81. The summed E-state index contributed by atoms with van der Waals surface area (Å²) >= 11 is 0. The van der Waals surface area contributed by atoms with Crippen LogP contribution >= 0.6 is 0 Å². The summed E-state index contributed by atoms with van der Waals surface area (Å²) in [6.45, 7) is 0.155. The number of anilines is 2. The summed E-state index contributed by atoms with van der Waals surface area (Å²) in [5.74, 6) is -3.45. The molecule has 3 heterocycles. The van der Waals surface area contributed by atoms with Crippen molar-refractivity contribution in [2.75, 3.05) is 16.3 Å². The number of ketones is 1. The number of aromatic nitrogens is 1. The summed E-state index contributed by atoms with van der Waals surface area (Å²) in [6.07, 6.45) is 4.63. The van der Waals surface area contributed by atoms with Crippen molar-refractivity contribution in [2.45, 2.75) is 36.7 Å². The van der Waals surface area contributed by atoms with Gasteiger partial charge >= 0.3 is 0 Å². The van der Waals surface area contributed by atoms with Gasteiger partial charge in [-0.15, -0.1) is 4.40 Å². The molecule has 1 unspecified atom stereocenters. The second-order valence-corrected chi connectivity index (χ2v) is 13.6. The molecular weight excluding hydrogens is 537 g/mol. The van der Waals surface area contributed by atoms with E-state index in [2.05, 4.69) is 19.4 Å². The Morgan fingerprint density at radius 1 is 1.16 bits per heavy atom. The van der Waals surface area contributed by atoms with Crippen LogP contribution in [0.3, 0.4) is 0 Å². The first-order valence-corrected chi connectivity index (χ1v) is 15.4. The molecule has 2 saturated carbocycles. The van der Waals surface area contributed by atoms with Gasteiger partial charge in [0, 0.05) is 18.5 Å². The summed E-state index contributed by atoms with van der Waals surface area (Å²) in [6, 6.07) is 6.55. The Hall–Kier alpha value is -3.39. The number of piperidine rings is 1. The number of carbonyl (C=O) groups excluding carboxylic acids is 2. The molecule has 2 aliphatic heterocycles. The molecule has 0 radical (unpaired) electrons. The maximum absolute atomic E-state index is 13.9. The van der Waals surface area contributed by atoms with Gasteiger partial charge in [0.05, 0.1) is 18.1 Å². The second-order valence-electron chi connectivity index (χ2n) is 10.3. The van der Waals surface area contributed by atoms with Crippen LogP contribution in [-0.4, -0.2) is 56.5 Å². The number of amidine groups is 1. The highest BCUT2D eigenvalue weighted by Gasteiger charge is 2.60. The lowest BCUT2D eigenvalue weighted by Gasteiger charge is -2.45. The van der Waals surface area contributed by atoms with E-state index in [0.717, 1.165) is 37.8 Å². The van der Waals surface area contributed by atoms with Gasteiger partial charge in [0.15, 0.2) is 17.5 Å². The maximum Gasteiger partial charge on any atom is 0.287 e. The van der Waals surface area contributed by atoms with Crippen LogP contribution in [0.4, 0.5) is 15.9 Å². The first-order chi connectivity index (χ1) is 17.9. The number of halogens is 1. The summed E-state index contributed by atoms with van der Waals surface area (Å²) < 4.78 is 68.8. The predicted octanol–water partition coefficient (Wildman–Crippen LogP) is 1.75. The fraction of sp³-hybridized carbons (Fsp3) is 0.417. The number of likely N-dealkylation sites (tertiary alicyclic amines) is 1. The van der Waals surface area contributed by atoms with Crippen LogP contribution in [0, 0.1) is 29.5 Å². The standard InChI is InChI=1S/C24H24FN5O6S2/c1-37(33,34)28-16-9-17-22(26-10-16)27-23(29-38(17,35)36)19-21(31)18-13-4-5-14(8-13)20(18)30(24(19)32)11-12-2-6-15(25)7-3-12/h2-3,6-7,9-10,13-14,18-20,28H,4-5,8,11H2,1H3,(H,26,27,29)/t13-,14+,18+,19?,20-/m0/s1. The van der Waals surface area contributed by atoms with E-state index in [1.165, 1.54) is 12.1 Å². The molecule has 5 atom stereocenters. The number of fused-ring (bicyclic) bond motifs is 6. The highest BCUT2D eigenvalue weighted by molar-refractivity contribution is 7.92. The van der Waals surface area contributed by atoms with Gasteiger partial charge in [-0.25, -0.2) is 17.8 Å². The van der Waals surface area contributed by atoms with Crippen LogP contribution in [0.15, 0.2) is 45.8 Å². The molecule has 6 rings (SSSR count). The van der Waals surface area contributed by atoms with E-state index >= 15 is 0 Å². The van der Waals surface area contributed by atoms with Crippen molar-refractivity contribution in [1.82, 2.24) is 9.88 Å². The minimum Gasteiger partial charge on any atom is -0.333 e. The van der Waals surface area contributed by atoms with Crippen molar-refractivity contribution in [3.05, 3.63) is 47.9 Å². The normalized spacial score (nSPS) is 29.4. The maximum atomic E-state index is 13.9. The zero-order valence-electron chi connectivity index (χ0n) is 20.2. The number of nitrogens with zero attached hydrogens (tertiary/aromatic N) is 3. The average molecular weight is 562 g/mol. The van der Waals surface area contributed by atoms with Gasteiger partial charge in [-0.05, 0) is 54.9 Å². The average Bonchev–Trinajstić information content (AvgIpc) is 3.45. The molecule has 4 aliphatic rings. The largest absolute Gasteiger partial charge is 0.333 e. The summed E-state index contributed by atoms with van der Waals surface area (Å²) in [7, 11) is -8.10. The van der Waals surface area contributed by atoms with Gasteiger partial charge in [-0.2, -0.15) is 8.42 Å². The van der Waals surface area contributed by atoms with Gasteiger partial charge in [-0.3, -0.25) is 14.3 Å². The Balaban J connectivity index is 1.37. The van der Waals surface area contributed by atoms with Crippen LogP contribution in [0.5, 0.6) is 0 Å². The minimum absolute atomic E-state index is 0.0737. The molecule has 38 heavy (non-hydrogen) atoms. The number of hydrogen-bond donors (Lipinski definition) is 2. The molecular formula is C24H24FN5O6S2. The Morgan fingerprint density at radius 3 is 2.58 bits per heavy atom. The van der Waals surface area contributed by atoms with Gasteiger partial charge in [0.25, 0.3) is 10.0 Å². The van der Waals surface area contributed by atoms with Crippen molar-refractivity contribution in [3.8, 4) is 0 Å². The number of nitrogens with one attached hydrogen (secondary N) is 2. The molecule has 200 valence electrons. The lowest BCUT2D eigenvalue weighted by molar-refractivity contribution is -0.153. The SMILES string of the molecule is CS(=O)(=O)Nc1cnc2c(c1)S(=O)(=O)N=C(C1C(=O)[C@@H]3[C@H]4CC[C@H](C4)[C@@H]3N(Cc3ccc(F)cc3)C1=O)N2. The Labute approximate surface area is 218 Å². The van der Waals surface area contributed by atoms with Crippen LogP contribution in [0.2, 0.25) is 0 Å². The number of carbonyl (C=O) groups is 2. The van der Waals surface area contributed by atoms with Crippen LogP contribution < -0.4 is 10.0 Å². The van der Waals surface area contributed by atoms with Gasteiger partial charge < -0.3 is 10.2 Å². The van der Waals surface area contributed by atoms with Crippen molar-refractivity contribution < 1.29 is 30.8 Å².